The Kier molecular flexibility index (Phi) is 56.8. The summed E-state index contributed by atoms with van der Waals surface area (Å²) in [4.78, 5) is 7.21. The first-order valence-electron chi connectivity index (χ1n) is 50.0. The molecular formula is C111H201B6N6O6+3. The molecule has 0 N–H and O–H groups in total. The molecule has 6 aliphatic rings. The van der Waals surface area contributed by atoms with Crippen molar-refractivity contribution in [2.75, 3.05) is 139 Å². The van der Waals surface area contributed by atoms with Crippen LogP contribution in [0.1, 0.15) is 326 Å². The zero-order valence-electron chi connectivity index (χ0n) is 91.7. The van der Waals surface area contributed by atoms with E-state index in [1.165, 1.54) is 79.7 Å². The van der Waals surface area contributed by atoms with Gasteiger partial charge in [0.1, 0.15) is 85.0 Å². The molecular weight excluding hydrogens is 1580 g/mol. The van der Waals surface area contributed by atoms with Gasteiger partial charge in [-0.3, -0.25) is 14.7 Å². The van der Waals surface area contributed by atoms with Crippen LogP contribution in [0.25, 0.3) is 0 Å². The number of hydrogen-bond donors (Lipinski definition) is 0. The fourth-order valence-corrected chi connectivity index (χ4v) is 16.1. The zero-order chi connectivity index (χ0) is 99.0. The standard InChI is InChI=1S/C24H43BNO.C23H40BNO.C19H35BNO.C18H32BNO.C14H27BNO.C13H24BNO/c1-19(2)11-9-12-20(3)13-10-14-21(4)15-16-26(8)17-22(24(5,6)7)27-23(25)18-26;1-18(2)10-8-11-19(3)12-9-13-20(4)14-15-25-16-21(23(5,6)7)26-22(24)17-25;1-15(2)9-8-10-16(3)11-12-21(7)13-17(19(4,5)6)22-18(20)14-21;1-14(2)8-7-9-15(3)10-11-20-12-16(18(4,5)6)21-17(19)13-20;1-11(2)7-8-16(6)9-12(14(3,4)5)17-13(15)10-16;1-10(2)6-7-15-8-11(13(3,4)5)16-12(14)9-15/h11,13,15,22-23H,9-10,12,14,16-18H2,1-8H3;10,12,14,21-22H,8-9,11,13,15-17H2,1-7H3;9,11,17-18H,8,10,12-14H2,1-7H3;8,10,16-17H,7,9,11-13H2,1-6H3;7,12-13H,8-10H2,1-6H3;6,11-12H,7-9H2,1-5H3/q+1;;+1;;+1;/b20-13+,21-15+;19-12+,20-14+;16-11+;15-10+;;. The molecule has 0 amide bonds. The molecule has 18 heteroatoms. The predicted molar refractivity (Wildman–Crippen MR) is 569 cm³/mol. The van der Waals surface area contributed by atoms with Crippen LogP contribution >= 0.6 is 0 Å². The minimum atomic E-state index is -0.173. The molecule has 726 valence electrons. The van der Waals surface area contributed by atoms with Crippen LogP contribution in [0.3, 0.4) is 0 Å². The highest BCUT2D eigenvalue weighted by Gasteiger charge is 2.44. The average Bonchev–Trinajstić information content (AvgIpc) is 0.810. The van der Waals surface area contributed by atoms with Gasteiger partial charge in [0.05, 0.1) is 96.7 Å². The molecule has 0 aromatic heterocycles. The molecule has 0 bridgehead atoms. The monoisotopic (exact) mass is 1780 g/mol. The zero-order valence-corrected chi connectivity index (χ0v) is 91.7. The minimum Gasteiger partial charge on any atom is -0.382 e. The van der Waals surface area contributed by atoms with Crippen molar-refractivity contribution in [1.29, 1.82) is 0 Å². The summed E-state index contributed by atoms with van der Waals surface area (Å²) in [6, 6.07) is -0.932. The summed E-state index contributed by atoms with van der Waals surface area (Å²) in [5, 5.41) is 0. The van der Waals surface area contributed by atoms with Crippen molar-refractivity contribution in [3.8, 4) is 0 Å². The van der Waals surface area contributed by atoms with Gasteiger partial charge in [-0.1, -0.05) is 246 Å². The first kappa shape index (κ1) is 124. The van der Waals surface area contributed by atoms with Crippen molar-refractivity contribution >= 4 is 47.1 Å². The molecule has 6 heterocycles. The van der Waals surface area contributed by atoms with Crippen molar-refractivity contribution in [2.24, 2.45) is 32.5 Å². The second kappa shape index (κ2) is 59.2. The van der Waals surface area contributed by atoms with Crippen molar-refractivity contribution < 1.29 is 41.9 Å². The molecule has 0 aromatic rings. The molecule has 6 fully saturated rings. The lowest BCUT2D eigenvalue weighted by Crippen LogP contribution is -2.61. The van der Waals surface area contributed by atoms with Gasteiger partial charge in [-0.15, -0.1) is 0 Å². The van der Waals surface area contributed by atoms with E-state index in [2.05, 4.69) is 358 Å². The van der Waals surface area contributed by atoms with E-state index in [1.807, 2.05) is 0 Å². The summed E-state index contributed by atoms with van der Waals surface area (Å²) < 4.78 is 38.4. The summed E-state index contributed by atoms with van der Waals surface area (Å²) >= 11 is 0. The topological polar surface area (TPSA) is 65.1 Å². The number of rotatable bonds is 30. The second-order valence-electron chi connectivity index (χ2n) is 48.6. The van der Waals surface area contributed by atoms with E-state index in [1.54, 1.807) is 0 Å². The molecule has 0 spiro atoms. The Morgan fingerprint density at radius 2 is 0.419 bits per heavy atom. The minimum absolute atomic E-state index is 0.128. The lowest BCUT2D eigenvalue weighted by Gasteiger charge is -2.47. The molecule has 12 radical (unpaired) electrons. The molecule has 0 aromatic carbocycles. The lowest BCUT2D eigenvalue weighted by molar-refractivity contribution is -0.917. The Morgan fingerprint density at radius 3 is 0.636 bits per heavy atom. The van der Waals surface area contributed by atoms with E-state index < -0.39 is 0 Å². The van der Waals surface area contributed by atoms with E-state index >= 15 is 0 Å². The quantitative estimate of drug-likeness (QED) is 0.0397. The first-order valence-corrected chi connectivity index (χ1v) is 50.0. The van der Waals surface area contributed by atoms with Crippen LogP contribution in [0.5, 0.6) is 0 Å². The highest BCUT2D eigenvalue weighted by atomic mass is 16.5. The van der Waals surface area contributed by atoms with E-state index in [9.17, 15) is 0 Å². The fraction of sp³-hybridized carbons (Fsp3) is 0.784. The van der Waals surface area contributed by atoms with Gasteiger partial charge in [-0.25, -0.2) is 0 Å². The largest absolute Gasteiger partial charge is 0.382 e. The summed E-state index contributed by atoms with van der Waals surface area (Å²) in [6.07, 6.45) is 43.3. The number of ether oxygens (including phenoxy) is 6. The lowest BCUT2D eigenvalue weighted by atomic mass is 9.85. The molecule has 6 aliphatic heterocycles. The normalized spacial score (nSPS) is 27.7. The van der Waals surface area contributed by atoms with Crippen LogP contribution in [-0.4, -0.2) is 287 Å². The molecule has 129 heavy (non-hydrogen) atoms. The van der Waals surface area contributed by atoms with Crippen LogP contribution < -0.4 is 0 Å². The molecule has 12 nitrogen and oxygen atoms in total. The third-order valence-electron chi connectivity index (χ3n) is 25.4. The number of morpholine rings is 6. The van der Waals surface area contributed by atoms with E-state index in [0.29, 0.717) is 0 Å². The van der Waals surface area contributed by atoms with Gasteiger partial charge < -0.3 is 41.9 Å². The Balaban J connectivity index is 0.000000781. The second-order valence-corrected chi connectivity index (χ2v) is 48.6. The summed E-state index contributed by atoms with van der Waals surface area (Å²) in [6.45, 7) is 96.6. The first-order chi connectivity index (χ1) is 59.1. The Morgan fingerprint density at radius 1 is 0.233 bits per heavy atom. The number of quaternary nitrogens is 3. The molecule has 0 saturated carbocycles. The Labute approximate surface area is 808 Å². The van der Waals surface area contributed by atoms with Gasteiger partial charge in [-0.2, -0.15) is 0 Å². The SMILES string of the molecule is [B]C1CN(C/C=C(\C)CC/C=C(\C)CCC=C(C)C)CC(C(C)(C)C)O1.[B]C1CN(C/C=C(\C)CCC=C(C)C)CC(C(C)(C)C)O1.[B]C1CN(CC=C(C)C)CC(C(C)(C)C)O1.[B]C1C[N+](C)(C/C=C(\C)CC/C=C(\C)CCC=C(C)C)CC(C(C)(C)C)O1.[B]C1C[N+](C)(C/C=C(\C)CCC=C(C)C)CC(C(C)(C)C)O1.[B]C1C[N+](C)(CC=C(C)C)CC(C(C)(C)C)O1. The molecule has 0 aliphatic carbocycles. The molecule has 15 unspecified atom stereocenters. The predicted octanol–water partition coefficient (Wildman–Crippen LogP) is 24.0. The van der Waals surface area contributed by atoms with Gasteiger partial charge in [0.2, 0.25) is 0 Å². The van der Waals surface area contributed by atoms with Gasteiger partial charge >= 0.3 is 0 Å². The highest BCUT2D eigenvalue weighted by molar-refractivity contribution is 6.12. The van der Waals surface area contributed by atoms with Crippen LogP contribution in [0.2, 0.25) is 0 Å². The fourth-order valence-electron chi connectivity index (χ4n) is 16.1. The van der Waals surface area contributed by atoms with E-state index in [0.717, 1.165) is 195 Å². The van der Waals surface area contributed by atoms with Crippen LogP contribution in [0, 0.1) is 32.5 Å². The number of nitrogens with zero attached hydrogens (tertiary/aromatic N) is 6. The van der Waals surface area contributed by atoms with E-state index in [4.69, 9.17) is 75.5 Å². The summed E-state index contributed by atoms with van der Waals surface area (Å²) in [5.41, 5.74) is 18.1. The maximum atomic E-state index is 6.21. The van der Waals surface area contributed by atoms with Crippen molar-refractivity contribution in [3.05, 3.63) is 140 Å². The number of likely N-dealkylation sites (N-methyl/N-ethyl adjacent to an activating group) is 3. The van der Waals surface area contributed by atoms with Crippen LogP contribution in [0.4, 0.5) is 0 Å². The Hall–Kier alpha value is -3.21. The van der Waals surface area contributed by atoms with Gasteiger partial charge in [0, 0.05) is 76.9 Å². The highest BCUT2D eigenvalue weighted by Crippen LogP contribution is 2.35. The van der Waals surface area contributed by atoms with Crippen molar-refractivity contribution in [3.63, 3.8) is 0 Å². The third-order valence-corrected chi connectivity index (χ3v) is 25.4. The number of allylic oxidation sites excluding steroid dienone is 18. The molecule has 15 atom stereocenters. The maximum absolute atomic E-state index is 6.21. The van der Waals surface area contributed by atoms with E-state index in [-0.39, 0.29) is 105 Å². The molecule has 6 rings (SSSR count). The summed E-state index contributed by atoms with van der Waals surface area (Å²) in [7, 11) is 43.4. The van der Waals surface area contributed by atoms with Crippen molar-refractivity contribution in [2.45, 2.75) is 399 Å². The average molecular weight is 1780 g/mol. The van der Waals surface area contributed by atoms with Gasteiger partial charge in [0.15, 0.2) is 0 Å². The van der Waals surface area contributed by atoms with Gasteiger partial charge in [-0.05, 0) is 252 Å². The van der Waals surface area contributed by atoms with Crippen molar-refractivity contribution in [1.82, 2.24) is 14.7 Å². The van der Waals surface area contributed by atoms with Crippen LogP contribution in [0.15, 0.2) is 140 Å². The number of hydrogen-bond acceptors (Lipinski definition) is 9. The summed E-state index contributed by atoms with van der Waals surface area (Å²) in [5.74, 6) is 0. The third kappa shape index (κ3) is 58.2. The van der Waals surface area contributed by atoms with Gasteiger partial charge in [0.25, 0.3) is 0 Å². The molecule has 6 saturated heterocycles. The maximum Gasteiger partial charge on any atom is 0.116 e. The smallest absolute Gasteiger partial charge is 0.116 e. The van der Waals surface area contributed by atoms with Crippen LogP contribution in [-0.2, 0) is 28.4 Å². The Bertz CT molecular complexity index is 3580.